The predicted molar refractivity (Wildman–Crippen MR) is 138 cm³/mol. The van der Waals surface area contributed by atoms with E-state index in [0.29, 0.717) is 29.4 Å². The van der Waals surface area contributed by atoms with E-state index in [1.807, 2.05) is 67.8 Å². The van der Waals surface area contributed by atoms with Crippen molar-refractivity contribution in [2.24, 2.45) is 0 Å². The fourth-order valence-corrected chi connectivity index (χ4v) is 4.17. The Morgan fingerprint density at radius 1 is 1.11 bits per heavy atom. The van der Waals surface area contributed by atoms with Gasteiger partial charge in [-0.15, -0.1) is 11.7 Å². The summed E-state index contributed by atoms with van der Waals surface area (Å²) < 4.78 is 3.17. The van der Waals surface area contributed by atoms with Gasteiger partial charge in [-0.05, 0) is 39.2 Å². The minimum atomic E-state index is -0.323. The zero-order valence-corrected chi connectivity index (χ0v) is 20.5. The molecule has 2 aromatic carbocycles. The van der Waals surface area contributed by atoms with Crippen molar-refractivity contribution >= 4 is 11.7 Å². The van der Waals surface area contributed by atoms with Crippen molar-refractivity contribution in [2.75, 3.05) is 0 Å². The smallest absolute Gasteiger partial charge is 0.279 e. The van der Waals surface area contributed by atoms with E-state index in [0.717, 1.165) is 24.0 Å². The van der Waals surface area contributed by atoms with Crippen LogP contribution in [0.4, 0.5) is 0 Å². The standard InChI is InChI=1S/C28H31N5O2/c1-5-17-32-21(4)24(18-25(34)29-20(3)13-14-22-9-7-6-8-10-22)27(35)33-28(32)30-26(31-33)23-15-11-19(2)12-16-23/h5-12,15-16,20H,1,13-14,17-18H2,2-4H3,(H,29,34)/t20-/m0/s1. The normalized spacial score (nSPS) is 12.0. The maximum Gasteiger partial charge on any atom is 0.279 e. The molecular weight excluding hydrogens is 438 g/mol. The summed E-state index contributed by atoms with van der Waals surface area (Å²) in [4.78, 5) is 30.9. The van der Waals surface area contributed by atoms with E-state index < -0.39 is 0 Å². The maximum absolute atomic E-state index is 13.4. The van der Waals surface area contributed by atoms with Gasteiger partial charge >= 0.3 is 0 Å². The number of nitrogens with one attached hydrogen (secondary N) is 1. The average Bonchev–Trinajstić information content (AvgIpc) is 3.30. The molecule has 7 heteroatoms. The first-order valence-electron chi connectivity index (χ1n) is 11.9. The van der Waals surface area contributed by atoms with E-state index in [9.17, 15) is 9.59 Å². The third-order valence-corrected chi connectivity index (χ3v) is 6.20. The number of nitrogens with zero attached hydrogens (tertiary/aromatic N) is 4. The van der Waals surface area contributed by atoms with Crippen molar-refractivity contribution in [3.63, 3.8) is 0 Å². The third kappa shape index (κ3) is 5.40. The zero-order valence-electron chi connectivity index (χ0n) is 20.5. The summed E-state index contributed by atoms with van der Waals surface area (Å²) in [6.07, 6.45) is 3.41. The van der Waals surface area contributed by atoms with Crippen molar-refractivity contribution in [1.82, 2.24) is 24.5 Å². The molecule has 35 heavy (non-hydrogen) atoms. The fraction of sp³-hybridized carbons (Fsp3) is 0.286. The van der Waals surface area contributed by atoms with Crippen LogP contribution < -0.4 is 10.9 Å². The number of aromatic nitrogens is 4. The molecule has 1 N–H and O–H groups in total. The van der Waals surface area contributed by atoms with Crippen LogP contribution >= 0.6 is 0 Å². The average molecular weight is 470 g/mol. The Bertz CT molecular complexity index is 1400. The molecule has 7 nitrogen and oxygen atoms in total. The number of rotatable bonds is 9. The van der Waals surface area contributed by atoms with Crippen LogP contribution in [0.2, 0.25) is 0 Å². The highest BCUT2D eigenvalue weighted by Gasteiger charge is 2.20. The van der Waals surface area contributed by atoms with E-state index in [1.54, 1.807) is 6.08 Å². The number of allylic oxidation sites excluding steroid dienone is 1. The molecule has 0 bridgehead atoms. The Morgan fingerprint density at radius 2 is 1.83 bits per heavy atom. The van der Waals surface area contributed by atoms with Gasteiger partial charge < -0.3 is 9.88 Å². The van der Waals surface area contributed by atoms with Gasteiger partial charge in [0.25, 0.3) is 5.56 Å². The first kappa shape index (κ1) is 24.1. The van der Waals surface area contributed by atoms with E-state index >= 15 is 0 Å². The van der Waals surface area contributed by atoms with Gasteiger partial charge in [0.1, 0.15) is 0 Å². The molecule has 1 atom stereocenters. The number of aryl methyl sites for hydroxylation is 2. The molecule has 0 radical (unpaired) electrons. The molecule has 2 heterocycles. The van der Waals surface area contributed by atoms with E-state index in [1.165, 1.54) is 10.1 Å². The second-order valence-corrected chi connectivity index (χ2v) is 8.95. The number of hydrogen-bond acceptors (Lipinski definition) is 4. The van der Waals surface area contributed by atoms with Crippen molar-refractivity contribution in [3.8, 4) is 11.4 Å². The highest BCUT2D eigenvalue weighted by molar-refractivity contribution is 5.79. The number of hydrogen-bond donors (Lipinski definition) is 1. The van der Waals surface area contributed by atoms with Gasteiger partial charge in [0.2, 0.25) is 11.7 Å². The Morgan fingerprint density at radius 3 is 2.51 bits per heavy atom. The number of benzene rings is 2. The lowest BCUT2D eigenvalue weighted by Crippen LogP contribution is -2.36. The number of fused-ring (bicyclic) bond motifs is 1. The van der Waals surface area contributed by atoms with E-state index in [2.05, 4.69) is 34.1 Å². The Hall–Kier alpha value is -4.00. The summed E-state index contributed by atoms with van der Waals surface area (Å²) in [5, 5.41) is 7.53. The van der Waals surface area contributed by atoms with Crippen LogP contribution in [-0.2, 0) is 24.2 Å². The Labute approximate surface area is 205 Å². The molecule has 0 fully saturated rings. The molecule has 1 amide bonds. The quantitative estimate of drug-likeness (QED) is 0.375. The summed E-state index contributed by atoms with van der Waals surface area (Å²) in [6.45, 7) is 10.1. The summed E-state index contributed by atoms with van der Waals surface area (Å²) in [5.74, 6) is 0.716. The Balaban J connectivity index is 1.59. The molecule has 0 aliphatic heterocycles. The largest absolute Gasteiger partial charge is 0.353 e. The summed E-state index contributed by atoms with van der Waals surface area (Å²) in [7, 11) is 0. The van der Waals surface area contributed by atoms with Crippen LogP contribution in [0.15, 0.2) is 72.0 Å². The van der Waals surface area contributed by atoms with Crippen LogP contribution in [0.3, 0.4) is 0 Å². The molecule has 4 aromatic rings. The van der Waals surface area contributed by atoms with Crippen LogP contribution in [-0.4, -0.2) is 31.1 Å². The van der Waals surface area contributed by atoms with Crippen molar-refractivity contribution in [1.29, 1.82) is 0 Å². The van der Waals surface area contributed by atoms with Gasteiger partial charge in [-0.3, -0.25) is 9.59 Å². The van der Waals surface area contributed by atoms with Crippen molar-refractivity contribution in [3.05, 3.63) is 100.0 Å². The maximum atomic E-state index is 13.4. The number of amides is 1. The molecule has 0 spiro atoms. The number of carbonyl (C=O) groups is 1. The first-order chi connectivity index (χ1) is 16.9. The highest BCUT2D eigenvalue weighted by atomic mass is 16.2. The van der Waals surface area contributed by atoms with Crippen LogP contribution in [0.1, 0.15) is 35.7 Å². The molecule has 4 rings (SSSR count). The summed E-state index contributed by atoms with van der Waals surface area (Å²) in [6, 6.07) is 18.0. The molecule has 0 aliphatic carbocycles. The lowest BCUT2D eigenvalue weighted by Gasteiger charge is -2.16. The van der Waals surface area contributed by atoms with Gasteiger partial charge in [0.15, 0.2) is 5.82 Å². The fourth-order valence-electron chi connectivity index (χ4n) is 4.17. The first-order valence-corrected chi connectivity index (χ1v) is 11.9. The minimum Gasteiger partial charge on any atom is -0.353 e. The van der Waals surface area contributed by atoms with Crippen molar-refractivity contribution < 1.29 is 4.79 Å². The molecule has 2 aromatic heterocycles. The predicted octanol–water partition coefficient (Wildman–Crippen LogP) is 4.04. The monoisotopic (exact) mass is 469 g/mol. The molecule has 0 unspecified atom stereocenters. The second kappa shape index (κ2) is 10.5. The van der Waals surface area contributed by atoms with Crippen molar-refractivity contribution in [2.45, 2.75) is 52.6 Å². The molecular formula is C28H31N5O2. The highest BCUT2D eigenvalue weighted by Crippen LogP contribution is 2.18. The van der Waals surface area contributed by atoms with E-state index in [4.69, 9.17) is 0 Å². The van der Waals surface area contributed by atoms with Crippen LogP contribution in [0, 0.1) is 13.8 Å². The lowest BCUT2D eigenvalue weighted by atomic mass is 10.1. The SMILES string of the molecule is C=CCn1c(C)c(CC(=O)N[C@@H](C)CCc2ccccc2)c(=O)n2nc(-c3ccc(C)cc3)nc12. The summed E-state index contributed by atoms with van der Waals surface area (Å²) in [5.41, 5.74) is 3.97. The van der Waals surface area contributed by atoms with Gasteiger partial charge in [0.05, 0.1) is 6.42 Å². The molecule has 0 saturated heterocycles. The minimum absolute atomic E-state index is 0.0124. The second-order valence-electron chi connectivity index (χ2n) is 8.95. The lowest BCUT2D eigenvalue weighted by molar-refractivity contribution is -0.121. The van der Waals surface area contributed by atoms with Gasteiger partial charge in [-0.2, -0.15) is 9.50 Å². The van der Waals surface area contributed by atoms with Gasteiger partial charge in [-0.1, -0.05) is 66.2 Å². The van der Waals surface area contributed by atoms with E-state index in [-0.39, 0.29) is 23.9 Å². The Kier molecular flexibility index (Phi) is 7.25. The summed E-state index contributed by atoms with van der Waals surface area (Å²) >= 11 is 0. The molecule has 180 valence electrons. The molecule has 0 saturated carbocycles. The van der Waals surface area contributed by atoms with Crippen LogP contribution in [0.25, 0.3) is 17.2 Å². The topological polar surface area (TPSA) is 81.3 Å². The molecule has 0 aliphatic rings. The van der Waals surface area contributed by atoms with Gasteiger partial charge in [0, 0.05) is 29.4 Å². The van der Waals surface area contributed by atoms with Crippen LogP contribution in [0.5, 0.6) is 0 Å². The number of carbonyl (C=O) groups excluding carboxylic acids is 1. The van der Waals surface area contributed by atoms with Gasteiger partial charge in [-0.25, -0.2) is 0 Å². The zero-order chi connectivity index (χ0) is 24.9. The third-order valence-electron chi connectivity index (χ3n) is 6.20.